The molecular weight excluding hydrogens is 294 g/mol. The van der Waals surface area contributed by atoms with E-state index in [2.05, 4.69) is 4.98 Å². The number of benzene rings is 1. The Balaban J connectivity index is 2.31. The van der Waals surface area contributed by atoms with Crippen molar-refractivity contribution >= 4 is 34.9 Å². The summed E-state index contributed by atoms with van der Waals surface area (Å²) in [5.74, 6) is -1.46. The van der Waals surface area contributed by atoms with Crippen LogP contribution >= 0.6 is 11.6 Å². The Hall–Kier alpha value is -2.60. The number of rotatable bonds is 3. The summed E-state index contributed by atoms with van der Waals surface area (Å²) in [6, 6.07) is 7.23. The molecule has 0 aliphatic rings. The maximum Gasteiger partial charge on any atom is 0.335 e. The quantitative estimate of drug-likeness (QED) is 0.848. The van der Waals surface area contributed by atoms with Crippen molar-refractivity contribution in [3.05, 3.63) is 52.8 Å². The number of nitrogens with zero attached hydrogens (tertiary/aromatic N) is 2. The number of nitrogens with two attached hydrogens (primary N) is 1. The lowest BCUT2D eigenvalue weighted by molar-refractivity contribution is 0.0697. The van der Waals surface area contributed by atoms with Gasteiger partial charge in [0.05, 0.1) is 22.0 Å². The Labute approximate surface area is 125 Å². The number of aromatic carboxylic acids is 1. The van der Waals surface area contributed by atoms with Crippen LogP contribution in [0.15, 0.2) is 36.5 Å². The van der Waals surface area contributed by atoms with Gasteiger partial charge in [-0.25, -0.2) is 9.78 Å². The van der Waals surface area contributed by atoms with Crippen LogP contribution in [0.25, 0.3) is 0 Å². The molecule has 21 heavy (non-hydrogen) atoms. The van der Waals surface area contributed by atoms with Gasteiger partial charge in [-0.05, 0) is 30.3 Å². The standard InChI is InChI=1S/C14H12ClN3O3/c1-18(13(19)11-4-3-9(15)7-17-11)12-5-2-8(14(20)21)6-10(12)16/h2-7H,16H2,1H3,(H,20,21). The van der Waals surface area contributed by atoms with Crippen molar-refractivity contribution in [3.8, 4) is 0 Å². The summed E-state index contributed by atoms with van der Waals surface area (Å²) in [6.45, 7) is 0. The van der Waals surface area contributed by atoms with Crippen LogP contribution in [0.5, 0.6) is 0 Å². The second-order valence-electron chi connectivity index (χ2n) is 4.30. The molecule has 2 aromatic rings. The van der Waals surface area contributed by atoms with Gasteiger partial charge in [-0.2, -0.15) is 0 Å². The van der Waals surface area contributed by atoms with Gasteiger partial charge in [0.1, 0.15) is 5.69 Å². The van der Waals surface area contributed by atoms with E-state index in [1.54, 1.807) is 6.07 Å². The Morgan fingerprint density at radius 1 is 1.29 bits per heavy atom. The van der Waals surface area contributed by atoms with E-state index in [4.69, 9.17) is 22.4 Å². The zero-order chi connectivity index (χ0) is 15.6. The molecule has 108 valence electrons. The summed E-state index contributed by atoms with van der Waals surface area (Å²) < 4.78 is 0. The Bertz CT molecular complexity index is 701. The first-order chi connectivity index (χ1) is 9.90. The van der Waals surface area contributed by atoms with E-state index < -0.39 is 5.97 Å². The molecule has 0 fully saturated rings. The molecule has 3 N–H and O–H groups in total. The van der Waals surface area contributed by atoms with Gasteiger partial charge in [0.15, 0.2) is 0 Å². The van der Waals surface area contributed by atoms with Gasteiger partial charge in [-0.1, -0.05) is 11.6 Å². The Morgan fingerprint density at radius 2 is 2.00 bits per heavy atom. The average Bonchev–Trinajstić information content (AvgIpc) is 2.46. The largest absolute Gasteiger partial charge is 0.478 e. The fourth-order valence-corrected chi connectivity index (χ4v) is 1.89. The summed E-state index contributed by atoms with van der Waals surface area (Å²) in [6.07, 6.45) is 1.37. The van der Waals surface area contributed by atoms with Crippen LogP contribution in [-0.2, 0) is 0 Å². The predicted molar refractivity (Wildman–Crippen MR) is 79.8 cm³/mol. The molecule has 0 aliphatic carbocycles. The van der Waals surface area contributed by atoms with Gasteiger partial charge in [0.2, 0.25) is 0 Å². The fraction of sp³-hybridized carbons (Fsp3) is 0.0714. The van der Waals surface area contributed by atoms with Gasteiger partial charge in [0, 0.05) is 13.2 Å². The van der Waals surface area contributed by atoms with Crippen LogP contribution in [0, 0.1) is 0 Å². The highest BCUT2D eigenvalue weighted by molar-refractivity contribution is 6.30. The van der Waals surface area contributed by atoms with Crippen molar-refractivity contribution in [2.24, 2.45) is 0 Å². The molecule has 0 saturated heterocycles. The maximum atomic E-state index is 12.3. The molecule has 0 bridgehead atoms. The molecule has 0 aliphatic heterocycles. The minimum absolute atomic E-state index is 0.0571. The molecule has 1 heterocycles. The third-order valence-electron chi connectivity index (χ3n) is 2.89. The number of carbonyl (C=O) groups excluding carboxylic acids is 1. The van der Waals surface area contributed by atoms with E-state index in [9.17, 15) is 9.59 Å². The van der Waals surface area contributed by atoms with Crippen molar-refractivity contribution < 1.29 is 14.7 Å². The molecule has 2 rings (SSSR count). The first kappa shape index (κ1) is 14.8. The van der Waals surface area contributed by atoms with Crippen molar-refractivity contribution in [1.82, 2.24) is 4.98 Å². The summed E-state index contributed by atoms with van der Waals surface area (Å²) in [7, 11) is 1.53. The van der Waals surface area contributed by atoms with E-state index in [-0.39, 0.29) is 22.9 Å². The normalized spacial score (nSPS) is 10.2. The first-order valence-corrected chi connectivity index (χ1v) is 6.30. The Morgan fingerprint density at radius 3 is 2.52 bits per heavy atom. The second kappa shape index (κ2) is 5.80. The highest BCUT2D eigenvalue weighted by atomic mass is 35.5. The molecule has 1 aromatic carbocycles. The third kappa shape index (κ3) is 3.11. The van der Waals surface area contributed by atoms with Crippen LogP contribution < -0.4 is 10.6 Å². The zero-order valence-electron chi connectivity index (χ0n) is 11.1. The van der Waals surface area contributed by atoms with E-state index in [0.29, 0.717) is 10.7 Å². The molecule has 0 spiro atoms. The van der Waals surface area contributed by atoms with Gasteiger partial charge in [-0.15, -0.1) is 0 Å². The molecule has 7 heteroatoms. The third-order valence-corrected chi connectivity index (χ3v) is 3.11. The van der Waals surface area contributed by atoms with E-state index >= 15 is 0 Å². The number of hydrogen-bond acceptors (Lipinski definition) is 4. The molecule has 1 aromatic heterocycles. The number of halogens is 1. The van der Waals surface area contributed by atoms with Crippen LogP contribution in [0.4, 0.5) is 11.4 Å². The van der Waals surface area contributed by atoms with E-state index in [1.165, 1.54) is 42.4 Å². The van der Waals surface area contributed by atoms with E-state index in [1.807, 2.05) is 0 Å². The number of hydrogen-bond donors (Lipinski definition) is 2. The van der Waals surface area contributed by atoms with Crippen molar-refractivity contribution in [2.45, 2.75) is 0 Å². The number of anilines is 2. The molecule has 0 unspecified atom stereocenters. The minimum Gasteiger partial charge on any atom is -0.478 e. The molecule has 6 nitrogen and oxygen atoms in total. The molecule has 0 atom stereocenters. The van der Waals surface area contributed by atoms with Crippen molar-refractivity contribution in [3.63, 3.8) is 0 Å². The average molecular weight is 306 g/mol. The highest BCUT2D eigenvalue weighted by Crippen LogP contribution is 2.24. The van der Waals surface area contributed by atoms with Gasteiger partial charge in [0.25, 0.3) is 5.91 Å². The lowest BCUT2D eigenvalue weighted by Gasteiger charge is -2.19. The number of nitrogen functional groups attached to an aromatic ring is 1. The fourth-order valence-electron chi connectivity index (χ4n) is 1.78. The molecule has 1 amide bonds. The summed E-state index contributed by atoms with van der Waals surface area (Å²) in [5.41, 5.74) is 6.67. The summed E-state index contributed by atoms with van der Waals surface area (Å²) in [5, 5.41) is 9.32. The number of carboxylic acid groups (broad SMARTS) is 1. The van der Waals surface area contributed by atoms with Crippen LogP contribution in [0.1, 0.15) is 20.8 Å². The second-order valence-corrected chi connectivity index (χ2v) is 4.74. The minimum atomic E-state index is -1.08. The van der Waals surface area contributed by atoms with Gasteiger partial charge < -0.3 is 15.7 Å². The molecule has 0 saturated carbocycles. The van der Waals surface area contributed by atoms with Gasteiger partial charge >= 0.3 is 5.97 Å². The monoisotopic (exact) mass is 305 g/mol. The summed E-state index contributed by atoms with van der Waals surface area (Å²) >= 11 is 5.72. The maximum absolute atomic E-state index is 12.3. The number of pyridine rings is 1. The molecule has 0 radical (unpaired) electrons. The smallest absolute Gasteiger partial charge is 0.335 e. The van der Waals surface area contributed by atoms with Crippen molar-refractivity contribution in [1.29, 1.82) is 0 Å². The zero-order valence-corrected chi connectivity index (χ0v) is 11.8. The number of carboxylic acids is 1. The summed E-state index contributed by atoms with van der Waals surface area (Å²) in [4.78, 5) is 28.4. The van der Waals surface area contributed by atoms with Crippen LogP contribution in [0.3, 0.4) is 0 Å². The lowest BCUT2D eigenvalue weighted by Crippen LogP contribution is -2.27. The van der Waals surface area contributed by atoms with Crippen molar-refractivity contribution in [2.75, 3.05) is 17.7 Å². The highest BCUT2D eigenvalue weighted by Gasteiger charge is 2.17. The van der Waals surface area contributed by atoms with E-state index in [0.717, 1.165) is 0 Å². The topological polar surface area (TPSA) is 96.5 Å². The number of amides is 1. The number of carbonyl (C=O) groups is 2. The Kier molecular flexibility index (Phi) is 4.09. The molecular formula is C14H12ClN3O3. The van der Waals surface area contributed by atoms with Gasteiger partial charge in [-0.3, -0.25) is 4.79 Å². The van der Waals surface area contributed by atoms with Crippen LogP contribution in [0.2, 0.25) is 5.02 Å². The predicted octanol–water partition coefficient (Wildman–Crippen LogP) is 2.29. The first-order valence-electron chi connectivity index (χ1n) is 5.92. The number of aromatic nitrogens is 1. The lowest BCUT2D eigenvalue weighted by atomic mass is 10.1. The SMILES string of the molecule is CN(C(=O)c1ccc(Cl)cn1)c1ccc(C(=O)O)cc1N. The van der Waals surface area contributed by atoms with Crippen LogP contribution in [-0.4, -0.2) is 29.0 Å².